The van der Waals surface area contributed by atoms with Crippen LogP contribution in [0.15, 0.2) is 72.8 Å². The lowest BCUT2D eigenvalue weighted by Gasteiger charge is -2.14. The van der Waals surface area contributed by atoms with E-state index in [9.17, 15) is 9.59 Å². The maximum absolute atomic E-state index is 12.8. The molecule has 186 valence electrons. The van der Waals surface area contributed by atoms with Crippen LogP contribution in [0.4, 0.5) is 10.6 Å². The number of esters is 1. The molecule has 0 radical (unpaired) electrons. The van der Waals surface area contributed by atoms with Gasteiger partial charge < -0.3 is 9.47 Å². The van der Waals surface area contributed by atoms with Gasteiger partial charge in [-0.1, -0.05) is 63.2 Å². The van der Waals surface area contributed by atoms with E-state index in [-0.39, 0.29) is 11.4 Å². The van der Waals surface area contributed by atoms with Crippen molar-refractivity contribution in [2.24, 2.45) is 0 Å². The zero-order valence-electron chi connectivity index (χ0n) is 21.1. The van der Waals surface area contributed by atoms with Crippen molar-refractivity contribution >= 4 is 28.7 Å². The highest BCUT2D eigenvalue weighted by molar-refractivity contribution is 5.88. The molecule has 7 heteroatoms. The number of nitrogens with zero attached hydrogens (tertiary/aromatic N) is 2. The molecule has 1 aromatic heterocycles. The highest BCUT2D eigenvalue weighted by atomic mass is 16.6. The molecule has 4 aromatic rings. The largest absolute Gasteiger partial charge is 0.466 e. The Morgan fingerprint density at radius 2 is 1.72 bits per heavy atom. The number of carbonyl (C=O) groups excluding carboxylic acids is 2. The van der Waals surface area contributed by atoms with E-state index < -0.39 is 6.09 Å². The first-order chi connectivity index (χ1) is 17.2. The van der Waals surface area contributed by atoms with Crippen LogP contribution >= 0.6 is 0 Å². The lowest BCUT2D eigenvalue weighted by molar-refractivity contribution is -0.143. The van der Waals surface area contributed by atoms with Crippen molar-refractivity contribution in [3.63, 3.8) is 0 Å². The summed E-state index contributed by atoms with van der Waals surface area (Å²) in [5, 5.41) is 9.68. The summed E-state index contributed by atoms with van der Waals surface area (Å²) in [7, 11) is 0. The van der Waals surface area contributed by atoms with Crippen LogP contribution in [0.1, 0.15) is 45.4 Å². The number of nitrogens with one attached hydrogen (secondary N) is 1. The average molecular weight is 486 g/mol. The van der Waals surface area contributed by atoms with Gasteiger partial charge in [0.2, 0.25) is 0 Å². The quantitative estimate of drug-likeness (QED) is 0.305. The third-order valence-corrected chi connectivity index (χ3v) is 5.72. The second-order valence-corrected chi connectivity index (χ2v) is 9.58. The summed E-state index contributed by atoms with van der Waals surface area (Å²) in [6.07, 6.45) is 0.241. The standard InChI is InChI=1S/C29H31N3O4/c1-5-35-27(33)16-13-20-9-8-12-23(17-20)32-26(19-25(31-32)29(2,3)4)30-28(34)36-24-15-14-21-10-6-7-11-22(21)18-24/h6-12,14-15,17-19H,5,13,16H2,1-4H3,(H,30,34). The number of hydrogen-bond acceptors (Lipinski definition) is 5. The third kappa shape index (κ3) is 6.10. The molecule has 0 atom stereocenters. The fourth-order valence-electron chi connectivity index (χ4n) is 3.82. The Bertz CT molecular complexity index is 1380. The molecule has 0 spiro atoms. The molecule has 1 N–H and O–H groups in total. The fraction of sp³-hybridized carbons (Fsp3) is 0.276. The molecule has 0 aliphatic carbocycles. The van der Waals surface area contributed by atoms with E-state index >= 15 is 0 Å². The zero-order valence-corrected chi connectivity index (χ0v) is 21.1. The predicted octanol–water partition coefficient (Wildman–Crippen LogP) is 6.43. The highest BCUT2D eigenvalue weighted by Crippen LogP contribution is 2.27. The summed E-state index contributed by atoms with van der Waals surface area (Å²) >= 11 is 0. The molecule has 0 saturated heterocycles. The van der Waals surface area contributed by atoms with Crippen molar-refractivity contribution in [3.8, 4) is 11.4 Å². The van der Waals surface area contributed by atoms with Crippen LogP contribution in [-0.4, -0.2) is 28.4 Å². The molecule has 0 fully saturated rings. The van der Waals surface area contributed by atoms with Crippen LogP contribution in [0.25, 0.3) is 16.5 Å². The maximum atomic E-state index is 12.8. The number of fused-ring (bicyclic) bond motifs is 1. The number of benzene rings is 3. The molecule has 0 aliphatic rings. The molecule has 1 amide bonds. The topological polar surface area (TPSA) is 82.5 Å². The van der Waals surface area contributed by atoms with E-state index in [4.69, 9.17) is 14.6 Å². The SMILES string of the molecule is CCOC(=O)CCc1cccc(-n2nc(C(C)(C)C)cc2NC(=O)Oc2ccc3ccccc3c2)c1. The summed E-state index contributed by atoms with van der Waals surface area (Å²) in [5.41, 5.74) is 2.33. The van der Waals surface area contributed by atoms with Crippen LogP contribution in [0, 0.1) is 0 Å². The number of rotatable bonds is 7. The van der Waals surface area contributed by atoms with Crippen LogP contribution < -0.4 is 10.1 Å². The van der Waals surface area contributed by atoms with Crippen LogP contribution in [0.2, 0.25) is 0 Å². The maximum Gasteiger partial charge on any atom is 0.418 e. The molecule has 0 saturated carbocycles. The number of amides is 1. The third-order valence-electron chi connectivity index (χ3n) is 5.72. The average Bonchev–Trinajstić information content (AvgIpc) is 3.27. The van der Waals surface area contributed by atoms with E-state index in [2.05, 4.69) is 26.1 Å². The number of carbonyl (C=O) groups is 2. The predicted molar refractivity (Wildman–Crippen MR) is 141 cm³/mol. The Labute approximate surface area is 211 Å². The molecular formula is C29H31N3O4. The Morgan fingerprint density at radius 1 is 0.944 bits per heavy atom. The van der Waals surface area contributed by atoms with Crippen LogP contribution in [0.5, 0.6) is 5.75 Å². The minimum atomic E-state index is -0.606. The fourth-order valence-corrected chi connectivity index (χ4v) is 3.82. The number of anilines is 1. The Morgan fingerprint density at radius 3 is 2.47 bits per heavy atom. The van der Waals surface area contributed by atoms with Crippen molar-refractivity contribution in [2.75, 3.05) is 11.9 Å². The molecular weight excluding hydrogens is 454 g/mol. The summed E-state index contributed by atoms with van der Waals surface area (Å²) in [6, 6.07) is 23.0. The zero-order chi connectivity index (χ0) is 25.7. The molecule has 0 bridgehead atoms. The van der Waals surface area contributed by atoms with Crippen molar-refractivity contribution in [3.05, 3.63) is 84.1 Å². The van der Waals surface area contributed by atoms with Gasteiger partial charge in [-0.05, 0) is 53.9 Å². The van der Waals surface area contributed by atoms with Gasteiger partial charge >= 0.3 is 12.1 Å². The van der Waals surface area contributed by atoms with Gasteiger partial charge in [0.25, 0.3) is 0 Å². The first kappa shape index (κ1) is 25.0. The second-order valence-electron chi connectivity index (χ2n) is 9.58. The molecule has 4 rings (SSSR count). The summed E-state index contributed by atoms with van der Waals surface area (Å²) < 4.78 is 12.3. The number of aryl methyl sites for hydroxylation is 1. The van der Waals surface area contributed by atoms with Gasteiger partial charge in [0, 0.05) is 17.9 Å². The van der Waals surface area contributed by atoms with Gasteiger partial charge in [0.1, 0.15) is 11.6 Å². The Hall–Kier alpha value is -4.13. The van der Waals surface area contributed by atoms with Gasteiger partial charge in [-0.15, -0.1) is 0 Å². The monoisotopic (exact) mass is 485 g/mol. The van der Waals surface area contributed by atoms with Crippen molar-refractivity contribution in [1.82, 2.24) is 9.78 Å². The highest BCUT2D eigenvalue weighted by Gasteiger charge is 2.22. The first-order valence-corrected chi connectivity index (χ1v) is 12.1. The molecule has 1 heterocycles. The van der Waals surface area contributed by atoms with E-state index in [1.54, 1.807) is 17.7 Å². The van der Waals surface area contributed by atoms with Crippen molar-refractivity contribution in [1.29, 1.82) is 0 Å². The summed E-state index contributed by atoms with van der Waals surface area (Å²) in [5.74, 6) is 0.721. The van der Waals surface area contributed by atoms with E-state index in [1.165, 1.54) is 0 Å². The second kappa shape index (κ2) is 10.6. The van der Waals surface area contributed by atoms with Crippen LogP contribution in [-0.2, 0) is 21.4 Å². The molecule has 0 unspecified atom stereocenters. The molecule has 7 nitrogen and oxygen atoms in total. The summed E-state index contributed by atoms with van der Waals surface area (Å²) in [4.78, 5) is 24.6. The normalized spacial score (nSPS) is 11.3. The molecule has 36 heavy (non-hydrogen) atoms. The number of ether oxygens (including phenoxy) is 2. The van der Waals surface area contributed by atoms with Gasteiger partial charge in [-0.2, -0.15) is 5.10 Å². The van der Waals surface area contributed by atoms with Gasteiger partial charge in [-0.3, -0.25) is 10.1 Å². The van der Waals surface area contributed by atoms with Crippen molar-refractivity contribution in [2.45, 2.75) is 46.0 Å². The minimum absolute atomic E-state index is 0.226. The molecule has 0 aliphatic heterocycles. The lowest BCUT2D eigenvalue weighted by Crippen LogP contribution is -2.19. The van der Waals surface area contributed by atoms with E-state index in [0.717, 1.165) is 27.7 Å². The van der Waals surface area contributed by atoms with E-state index in [1.807, 2.05) is 66.7 Å². The van der Waals surface area contributed by atoms with E-state index in [0.29, 0.717) is 31.0 Å². The first-order valence-electron chi connectivity index (χ1n) is 12.1. The molecule has 3 aromatic carbocycles. The van der Waals surface area contributed by atoms with Gasteiger partial charge in [0.05, 0.1) is 18.0 Å². The van der Waals surface area contributed by atoms with Crippen LogP contribution in [0.3, 0.4) is 0 Å². The van der Waals surface area contributed by atoms with Gasteiger partial charge in [-0.25, -0.2) is 9.48 Å². The Balaban J connectivity index is 1.57. The summed E-state index contributed by atoms with van der Waals surface area (Å²) in [6.45, 7) is 8.35. The lowest BCUT2D eigenvalue weighted by atomic mass is 9.92. The smallest absolute Gasteiger partial charge is 0.418 e. The minimum Gasteiger partial charge on any atom is -0.466 e. The number of hydrogen-bond donors (Lipinski definition) is 1. The van der Waals surface area contributed by atoms with Crippen molar-refractivity contribution < 1.29 is 19.1 Å². The van der Waals surface area contributed by atoms with Gasteiger partial charge in [0.15, 0.2) is 0 Å². The Kier molecular flexibility index (Phi) is 7.38. The number of aromatic nitrogens is 2.